The zero-order valence-corrected chi connectivity index (χ0v) is 14.5. The molecule has 1 aliphatic heterocycles. The summed E-state index contributed by atoms with van der Waals surface area (Å²) in [5.74, 6) is 0.862. The van der Waals surface area contributed by atoms with Gasteiger partial charge in [-0.3, -0.25) is 9.78 Å². The molecule has 0 radical (unpaired) electrons. The van der Waals surface area contributed by atoms with Crippen LogP contribution in [0.1, 0.15) is 32.0 Å². The van der Waals surface area contributed by atoms with Crippen molar-refractivity contribution < 1.29 is 14.3 Å². The molecule has 3 rings (SSSR count). The van der Waals surface area contributed by atoms with Crippen LogP contribution in [0, 0.1) is 0 Å². The number of hydrogen-bond donors (Lipinski definition) is 1. The molecule has 0 spiro atoms. The largest absolute Gasteiger partial charge is 0.485 e. The fourth-order valence-corrected chi connectivity index (χ4v) is 2.35. The number of hydrogen-bond acceptors (Lipinski definition) is 5. The van der Waals surface area contributed by atoms with Crippen molar-refractivity contribution in [2.75, 3.05) is 6.61 Å². The maximum atomic E-state index is 12.2. The van der Waals surface area contributed by atoms with Gasteiger partial charge in [0.1, 0.15) is 6.61 Å². The van der Waals surface area contributed by atoms with Crippen molar-refractivity contribution in [2.24, 2.45) is 5.10 Å². The zero-order valence-electron chi connectivity index (χ0n) is 14.5. The summed E-state index contributed by atoms with van der Waals surface area (Å²) in [6.45, 7) is 6.51. The zero-order chi connectivity index (χ0) is 17.9. The number of fused-ring (bicyclic) bond motifs is 1. The molecule has 1 N–H and O–H groups in total. The van der Waals surface area contributed by atoms with Gasteiger partial charge in [-0.05, 0) is 35.2 Å². The summed E-state index contributed by atoms with van der Waals surface area (Å²) < 4.78 is 11.4. The van der Waals surface area contributed by atoms with Crippen molar-refractivity contribution in [3.63, 3.8) is 0 Å². The first-order valence-corrected chi connectivity index (χ1v) is 8.11. The number of nitrogens with one attached hydrogen (secondary N) is 1. The van der Waals surface area contributed by atoms with Crippen LogP contribution < -0.4 is 14.9 Å². The molecule has 0 aliphatic carbocycles. The van der Waals surface area contributed by atoms with Crippen LogP contribution in [0.15, 0.2) is 47.7 Å². The second-order valence-electron chi connectivity index (χ2n) is 6.82. The summed E-state index contributed by atoms with van der Waals surface area (Å²) >= 11 is 0. The second kappa shape index (κ2) is 6.93. The molecule has 0 bridgehead atoms. The highest BCUT2D eigenvalue weighted by atomic mass is 16.6. The van der Waals surface area contributed by atoms with Gasteiger partial charge in [0.25, 0.3) is 5.91 Å². The molecule has 0 saturated heterocycles. The van der Waals surface area contributed by atoms with E-state index in [1.54, 1.807) is 12.3 Å². The van der Waals surface area contributed by atoms with Gasteiger partial charge in [0.15, 0.2) is 11.5 Å². The summed E-state index contributed by atoms with van der Waals surface area (Å²) in [5, 5.41) is 3.91. The highest BCUT2D eigenvalue weighted by molar-refractivity contribution is 5.84. The fourth-order valence-electron chi connectivity index (χ4n) is 2.35. The van der Waals surface area contributed by atoms with Gasteiger partial charge in [-0.15, -0.1) is 0 Å². The van der Waals surface area contributed by atoms with Crippen LogP contribution in [0.5, 0.6) is 11.5 Å². The number of amides is 1. The molecule has 1 atom stereocenters. The van der Waals surface area contributed by atoms with Crippen LogP contribution in [-0.4, -0.2) is 29.8 Å². The molecule has 6 nitrogen and oxygen atoms in total. The van der Waals surface area contributed by atoms with E-state index in [0.29, 0.717) is 17.2 Å². The summed E-state index contributed by atoms with van der Waals surface area (Å²) in [4.78, 5) is 16.3. The number of nitrogens with zero attached hydrogens (tertiary/aromatic N) is 2. The summed E-state index contributed by atoms with van der Waals surface area (Å²) in [6.07, 6.45) is 2.39. The SMILES string of the molecule is CC(C)(C)c1ccc2c(c1)OC(C(=O)N/N=C/c1ccccn1)CO2. The number of aromatic nitrogens is 1. The third-order valence-corrected chi connectivity index (χ3v) is 3.82. The molecule has 25 heavy (non-hydrogen) atoms. The molecule has 2 heterocycles. The summed E-state index contributed by atoms with van der Waals surface area (Å²) in [6, 6.07) is 11.3. The van der Waals surface area contributed by atoms with Gasteiger partial charge in [0.2, 0.25) is 6.10 Å². The van der Waals surface area contributed by atoms with Crippen molar-refractivity contribution in [1.82, 2.24) is 10.4 Å². The molecular weight excluding hydrogens is 318 g/mol. The lowest BCUT2D eigenvalue weighted by Gasteiger charge is -2.27. The average Bonchev–Trinajstić information content (AvgIpc) is 2.61. The van der Waals surface area contributed by atoms with E-state index in [9.17, 15) is 4.79 Å². The standard InChI is InChI=1S/C19H21N3O3/c1-19(2,3)13-7-8-15-16(10-13)25-17(12-24-15)18(23)22-21-11-14-6-4-5-9-20-14/h4-11,17H,12H2,1-3H3,(H,22,23)/b21-11+. The molecule has 0 saturated carbocycles. The Morgan fingerprint density at radius 1 is 1.28 bits per heavy atom. The molecule has 2 aromatic rings. The molecule has 1 aromatic heterocycles. The molecule has 1 aromatic carbocycles. The molecule has 1 amide bonds. The Labute approximate surface area is 146 Å². The van der Waals surface area contributed by atoms with Crippen molar-refractivity contribution >= 4 is 12.1 Å². The first-order valence-electron chi connectivity index (χ1n) is 8.11. The van der Waals surface area contributed by atoms with Crippen LogP contribution in [0.4, 0.5) is 0 Å². The number of carbonyl (C=O) groups excluding carboxylic acids is 1. The summed E-state index contributed by atoms with van der Waals surface area (Å²) in [7, 11) is 0. The predicted octanol–water partition coefficient (Wildman–Crippen LogP) is 2.67. The fraction of sp³-hybridized carbons (Fsp3) is 0.316. The van der Waals surface area contributed by atoms with Crippen LogP contribution in [-0.2, 0) is 10.2 Å². The molecule has 1 unspecified atom stereocenters. The molecule has 130 valence electrons. The van der Waals surface area contributed by atoms with Crippen molar-refractivity contribution in [3.05, 3.63) is 53.9 Å². The maximum absolute atomic E-state index is 12.2. The van der Waals surface area contributed by atoms with Crippen LogP contribution in [0.25, 0.3) is 0 Å². The van der Waals surface area contributed by atoms with E-state index in [0.717, 1.165) is 5.56 Å². The van der Waals surface area contributed by atoms with Gasteiger partial charge < -0.3 is 9.47 Å². The van der Waals surface area contributed by atoms with Gasteiger partial charge in [-0.1, -0.05) is 32.9 Å². The van der Waals surface area contributed by atoms with E-state index in [2.05, 4.69) is 36.3 Å². The lowest BCUT2D eigenvalue weighted by atomic mass is 9.87. The van der Waals surface area contributed by atoms with E-state index in [1.807, 2.05) is 30.3 Å². The van der Waals surface area contributed by atoms with Crippen LogP contribution in [0.2, 0.25) is 0 Å². The Morgan fingerprint density at radius 2 is 2.12 bits per heavy atom. The second-order valence-corrected chi connectivity index (χ2v) is 6.82. The molecule has 1 aliphatic rings. The maximum Gasteiger partial charge on any atom is 0.284 e. The van der Waals surface area contributed by atoms with Gasteiger partial charge in [0, 0.05) is 6.20 Å². The van der Waals surface area contributed by atoms with E-state index in [1.165, 1.54) is 6.21 Å². The minimum absolute atomic E-state index is 0.0133. The van der Waals surface area contributed by atoms with E-state index < -0.39 is 6.10 Å². The van der Waals surface area contributed by atoms with Crippen molar-refractivity contribution in [2.45, 2.75) is 32.3 Å². The number of hydrazone groups is 1. The Bertz CT molecular complexity index is 782. The molecular formula is C19H21N3O3. The Kier molecular flexibility index (Phi) is 4.70. The first kappa shape index (κ1) is 17.0. The molecule has 6 heteroatoms. The lowest BCUT2D eigenvalue weighted by molar-refractivity contribution is -0.130. The number of ether oxygens (including phenoxy) is 2. The Balaban J connectivity index is 1.65. The predicted molar refractivity (Wildman–Crippen MR) is 95.0 cm³/mol. The summed E-state index contributed by atoms with van der Waals surface area (Å²) in [5.41, 5.74) is 4.22. The molecule has 0 fully saturated rings. The lowest BCUT2D eigenvalue weighted by Crippen LogP contribution is -2.42. The van der Waals surface area contributed by atoms with Crippen LogP contribution >= 0.6 is 0 Å². The van der Waals surface area contributed by atoms with Gasteiger partial charge in [-0.25, -0.2) is 5.43 Å². The van der Waals surface area contributed by atoms with Gasteiger partial charge in [-0.2, -0.15) is 5.10 Å². The van der Waals surface area contributed by atoms with Gasteiger partial charge >= 0.3 is 0 Å². The van der Waals surface area contributed by atoms with Gasteiger partial charge in [0.05, 0.1) is 11.9 Å². The smallest absolute Gasteiger partial charge is 0.284 e. The Hall–Kier alpha value is -2.89. The third-order valence-electron chi connectivity index (χ3n) is 3.82. The van der Waals surface area contributed by atoms with E-state index in [4.69, 9.17) is 9.47 Å². The normalized spacial score (nSPS) is 16.7. The third kappa shape index (κ3) is 4.15. The topological polar surface area (TPSA) is 72.8 Å². The highest BCUT2D eigenvalue weighted by Crippen LogP contribution is 2.36. The first-order chi connectivity index (χ1) is 11.9. The van der Waals surface area contributed by atoms with Crippen LogP contribution in [0.3, 0.4) is 0 Å². The number of benzene rings is 1. The minimum Gasteiger partial charge on any atom is -0.485 e. The number of carbonyl (C=O) groups is 1. The number of rotatable bonds is 3. The monoisotopic (exact) mass is 339 g/mol. The van der Waals surface area contributed by atoms with E-state index in [-0.39, 0.29) is 17.9 Å². The number of pyridine rings is 1. The highest BCUT2D eigenvalue weighted by Gasteiger charge is 2.28. The van der Waals surface area contributed by atoms with E-state index >= 15 is 0 Å². The quantitative estimate of drug-likeness (QED) is 0.689. The Morgan fingerprint density at radius 3 is 2.84 bits per heavy atom. The van der Waals surface area contributed by atoms with Crippen molar-refractivity contribution in [3.8, 4) is 11.5 Å². The average molecular weight is 339 g/mol. The van der Waals surface area contributed by atoms with Crippen molar-refractivity contribution in [1.29, 1.82) is 0 Å². The minimum atomic E-state index is -0.747.